The summed E-state index contributed by atoms with van der Waals surface area (Å²) in [5.74, 6) is 0.841. The summed E-state index contributed by atoms with van der Waals surface area (Å²) in [5.41, 5.74) is 2.92. The molecule has 0 unspecified atom stereocenters. The van der Waals surface area contributed by atoms with E-state index in [9.17, 15) is 4.79 Å². The van der Waals surface area contributed by atoms with E-state index in [1.54, 1.807) is 0 Å². The number of carbonyl (C=O) groups is 1. The van der Waals surface area contributed by atoms with E-state index < -0.39 is 0 Å². The summed E-state index contributed by atoms with van der Waals surface area (Å²) in [5, 5.41) is 4.67. The molecule has 1 amide bonds. The molecule has 126 valence electrons. The van der Waals surface area contributed by atoms with Gasteiger partial charge in [-0.3, -0.25) is 4.79 Å². The van der Waals surface area contributed by atoms with Crippen molar-refractivity contribution < 1.29 is 4.79 Å². The van der Waals surface area contributed by atoms with Gasteiger partial charge in [-0.2, -0.15) is 0 Å². The number of nitrogens with one attached hydrogen (secondary N) is 2. The van der Waals surface area contributed by atoms with Crippen LogP contribution in [0, 0.1) is 0 Å². The van der Waals surface area contributed by atoms with Crippen LogP contribution in [0.4, 0.5) is 0 Å². The molecule has 25 heavy (non-hydrogen) atoms. The van der Waals surface area contributed by atoms with Crippen LogP contribution in [0.15, 0.2) is 54.7 Å². The minimum atomic E-state index is -0.0337. The zero-order valence-electron chi connectivity index (χ0n) is 13.5. The van der Waals surface area contributed by atoms with Crippen LogP contribution in [-0.2, 0) is 17.8 Å². The number of carbonyl (C=O) groups excluding carboxylic acids is 1. The van der Waals surface area contributed by atoms with E-state index in [1.807, 2.05) is 59.3 Å². The average molecular weight is 353 g/mol. The molecule has 0 aliphatic rings. The van der Waals surface area contributed by atoms with Crippen LogP contribution < -0.4 is 5.32 Å². The van der Waals surface area contributed by atoms with Crippen molar-refractivity contribution in [3.8, 4) is 0 Å². The maximum Gasteiger partial charge on any atom is 0.239 e. The van der Waals surface area contributed by atoms with Crippen LogP contribution in [0.1, 0.15) is 5.82 Å². The highest BCUT2D eigenvalue weighted by Gasteiger charge is 2.07. The SMILES string of the molecule is O=C(Cn1ccc2ccc(Cl)cc21)NCCc1nc2ccccc2[nH]1. The molecule has 0 radical (unpaired) electrons. The zero-order valence-corrected chi connectivity index (χ0v) is 14.3. The number of rotatable bonds is 5. The molecule has 2 N–H and O–H groups in total. The Hall–Kier alpha value is -2.79. The maximum absolute atomic E-state index is 12.2. The standard InChI is InChI=1S/C19H17ClN4O/c20-14-6-5-13-8-10-24(17(13)11-14)12-19(25)21-9-7-18-22-15-3-1-2-4-16(15)23-18/h1-6,8,10-11H,7,9,12H2,(H,21,25)(H,22,23). The molecule has 0 bridgehead atoms. The normalized spacial score (nSPS) is 11.2. The highest BCUT2D eigenvalue weighted by molar-refractivity contribution is 6.31. The molecule has 2 aromatic heterocycles. The molecule has 0 saturated carbocycles. The fourth-order valence-electron chi connectivity index (χ4n) is 2.95. The molecule has 0 aliphatic heterocycles. The lowest BCUT2D eigenvalue weighted by Gasteiger charge is -2.07. The second-order valence-electron chi connectivity index (χ2n) is 5.95. The summed E-state index contributed by atoms with van der Waals surface area (Å²) in [4.78, 5) is 20.0. The van der Waals surface area contributed by atoms with E-state index in [0.29, 0.717) is 18.0 Å². The van der Waals surface area contributed by atoms with Crippen molar-refractivity contribution >= 4 is 39.4 Å². The predicted molar refractivity (Wildman–Crippen MR) is 99.8 cm³/mol. The Labute approximate surface area is 149 Å². The summed E-state index contributed by atoms with van der Waals surface area (Å²) in [6, 6.07) is 15.5. The third-order valence-electron chi connectivity index (χ3n) is 4.17. The molecule has 6 heteroatoms. The van der Waals surface area contributed by atoms with E-state index in [4.69, 9.17) is 11.6 Å². The van der Waals surface area contributed by atoms with E-state index in [1.165, 1.54) is 0 Å². The summed E-state index contributed by atoms with van der Waals surface area (Å²) in [6.45, 7) is 0.808. The number of H-pyrrole nitrogens is 1. The number of imidazole rings is 1. The lowest BCUT2D eigenvalue weighted by Crippen LogP contribution is -2.29. The van der Waals surface area contributed by atoms with Gasteiger partial charge in [0, 0.05) is 29.7 Å². The third-order valence-corrected chi connectivity index (χ3v) is 4.41. The Morgan fingerprint density at radius 3 is 2.96 bits per heavy atom. The number of benzene rings is 2. The van der Waals surface area contributed by atoms with Crippen molar-refractivity contribution in [1.82, 2.24) is 19.9 Å². The number of halogens is 1. The summed E-state index contributed by atoms with van der Waals surface area (Å²) >= 11 is 6.04. The van der Waals surface area contributed by atoms with Gasteiger partial charge in [0.25, 0.3) is 0 Å². The number of aromatic nitrogens is 3. The number of amides is 1. The third kappa shape index (κ3) is 3.37. The van der Waals surface area contributed by atoms with Crippen LogP contribution in [0.5, 0.6) is 0 Å². The van der Waals surface area contributed by atoms with Gasteiger partial charge in [-0.1, -0.05) is 29.8 Å². The number of hydrogen-bond acceptors (Lipinski definition) is 2. The number of nitrogens with zero attached hydrogens (tertiary/aromatic N) is 2. The van der Waals surface area contributed by atoms with Crippen molar-refractivity contribution in [3.63, 3.8) is 0 Å². The molecule has 4 rings (SSSR count). The Balaban J connectivity index is 1.36. The minimum Gasteiger partial charge on any atom is -0.354 e. The molecular weight excluding hydrogens is 336 g/mol. The zero-order chi connectivity index (χ0) is 17.2. The van der Waals surface area contributed by atoms with Crippen LogP contribution in [-0.4, -0.2) is 27.0 Å². The van der Waals surface area contributed by atoms with E-state index >= 15 is 0 Å². The first kappa shape index (κ1) is 15.7. The number of fused-ring (bicyclic) bond motifs is 2. The van der Waals surface area contributed by atoms with Gasteiger partial charge in [0.15, 0.2) is 0 Å². The molecule has 0 aliphatic carbocycles. The molecule has 2 aromatic carbocycles. The number of hydrogen-bond donors (Lipinski definition) is 2. The quantitative estimate of drug-likeness (QED) is 0.577. The Bertz CT molecular complexity index is 1020. The second kappa shape index (κ2) is 6.61. The van der Waals surface area contributed by atoms with Gasteiger partial charge in [-0.25, -0.2) is 4.98 Å². The lowest BCUT2D eigenvalue weighted by atomic mass is 10.2. The Morgan fingerprint density at radius 2 is 2.08 bits per heavy atom. The maximum atomic E-state index is 12.2. The van der Waals surface area contributed by atoms with Crippen LogP contribution in [0.2, 0.25) is 5.02 Å². The van der Waals surface area contributed by atoms with Crippen LogP contribution >= 0.6 is 11.6 Å². The van der Waals surface area contributed by atoms with Crippen molar-refractivity contribution in [2.75, 3.05) is 6.54 Å². The fourth-order valence-corrected chi connectivity index (χ4v) is 3.12. The fraction of sp³-hybridized carbons (Fsp3) is 0.158. The smallest absolute Gasteiger partial charge is 0.239 e. The Kier molecular flexibility index (Phi) is 4.15. The van der Waals surface area contributed by atoms with Gasteiger partial charge in [-0.05, 0) is 35.7 Å². The average Bonchev–Trinajstić information content (AvgIpc) is 3.18. The molecule has 4 aromatic rings. The van der Waals surface area contributed by atoms with Gasteiger partial charge in [-0.15, -0.1) is 0 Å². The van der Waals surface area contributed by atoms with Crippen molar-refractivity contribution in [2.45, 2.75) is 13.0 Å². The summed E-state index contributed by atoms with van der Waals surface area (Å²) in [7, 11) is 0. The molecule has 0 fully saturated rings. The van der Waals surface area contributed by atoms with Crippen molar-refractivity contribution in [1.29, 1.82) is 0 Å². The highest BCUT2D eigenvalue weighted by atomic mass is 35.5. The molecule has 0 atom stereocenters. The summed E-state index contributed by atoms with van der Waals surface area (Å²) in [6.07, 6.45) is 2.57. The van der Waals surface area contributed by atoms with Gasteiger partial charge < -0.3 is 14.9 Å². The van der Waals surface area contributed by atoms with Crippen LogP contribution in [0.25, 0.3) is 21.9 Å². The van der Waals surface area contributed by atoms with Crippen molar-refractivity contribution in [2.24, 2.45) is 0 Å². The van der Waals surface area contributed by atoms with Crippen molar-refractivity contribution in [3.05, 3.63) is 65.6 Å². The second-order valence-corrected chi connectivity index (χ2v) is 6.38. The van der Waals surface area contributed by atoms with Gasteiger partial charge >= 0.3 is 0 Å². The number of para-hydroxylation sites is 2. The van der Waals surface area contributed by atoms with Gasteiger partial charge in [0.05, 0.1) is 11.0 Å². The first-order chi connectivity index (χ1) is 12.2. The first-order valence-electron chi connectivity index (χ1n) is 8.14. The number of aromatic amines is 1. The van der Waals surface area contributed by atoms with Crippen LogP contribution in [0.3, 0.4) is 0 Å². The van der Waals surface area contributed by atoms with E-state index in [-0.39, 0.29) is 12.5 Å². The van der Waals surface area contributed by atoms with E-state index in [0.717, 1.165) is 27.8 Å². The molecule has 0 saturated heterocycles. The molecule has 5 nitrogen and oxygen atoms in total. The summed E-state index contributed by atoms with van der Waals surface area (Å²) < 4.78 is 1.90. The largest absolute Gasteiger partial charge is 0.354 e. The Morgan fingerprint density at radius 1 is 1.20 bits per heavy atom. The minimum absolute atomic E-state index is 0.0337. The monoisotopic (exact) mass is 352 g/mol. The van der Waals surface area contributed by atoms with E-state index in [2.05, 4.69) is 15.3 Å². The lowest BCUT2D eigenvalue weighted by molar-refractivity contribution is -0.121. The predicted octanol–water partition coefficient (Wildman–Crippen LogP) is 3.53. The molecular formula is C19H17ClN4O. The van der Waals surface area contributed by atoms with Gasteiger partial charge in [0.2, 0.25) is 5.91 Å². The topological polar surface area (TPSA) is 62.7 Å². The molecule has 2 heterocycles. The van der Waals surface area contributed by atoms with Gasteiger partial charge in [0.1, 0.15) is 12.4 Å². The first-order valence-corrected chi connectivity index (χ1v) is 8.51. The highest BCUT2D eigenvalue weighted by Crippen LogP contribution is 2.20. The molecule has 0 spiro atoms.